The van der Waals surface area contributed by atoms with Crippen LogP contribution in [0.15, 0.2) is 30.7 Å². The van der Waals surface area contributed by atoms with E-state index in [1.807, 2.05) is 0 Å². The molecular formula is C9H9N3O2. The van der Waals surface area contributed by atoms with Gasteiger partial charge in [0.1, 0.15) is 0 Å². The number of aromatic nitrogens is 3. The Morgan fingerprint density at radius 1 is 1.36 bits per heavy atom. The van der Waals surface area contributed by atoms with E-state index in [-0.39, 0.29) is 6.61 Å². The molecule has 2 rings (SSSR count). The number of hydrogen-bond donors (Lipinski definition) is 2. The largest absolute Gasteiger partial charge is 0.412 e. The molecule has 5 heteroatoms. The standard InChI is InChI=1S/C9H9N3O2/c13-6-7-3-8(5-10-4-7)9-1-2-12(14)11-9/h1-5,13-14H,6H2. The van der Waals surface area contributed by atoms with E-state index in [1.165, 1.54) is 6.20 Å². The van der Waals surface area contributed by atoms with Crippen LogP contribution in [0.2, 0.25) is 0 Å². The van der Waals surface area contributed by atoms with E-state index in [4.69, 9.17) is 10.3 Å². The van der Waals surface area contributed by atoms with E-state index in [0.29, 0.717) is 5.69 Å². The lowest BCUT2D eigenvalue weighted by Gasteiger charge is -1.98. The minimum Gasteiger partial charge on any atom is -0.412 e. The summed E-state index contributed by atoms with van der Waals surface area (Å²) in [6.07, 6.45) is 4.64. The van der Waals surface area contributed by atoms with Crippen molar-refractivity contribution in [1.29, 1.82) is 0 Å². The predicted octanol–water partition coefficient (Wildman–Crippen LogP) is 0.675. The SMILES string of the molecule is OCc1cncc(-c2ccn(O)n2)c1. The molecule has 0 atom stereocenters. The van der Waals surface area contributed by atoms with E-state index in [1.54, 1.807) is 24.5 Å². The van der Waals surface area contributed by atoms with Gasteiger partial charge < -0.3 is 10.3 Å². The fraction of sp³-hybridized carbons (Fsp3) is 0.111. The summed E-state index contributed by atoms with van der Waals surface area (Å²) < 4.78 is 0. The molecule has 0 amide bonds. The highest BCUT2D eigenvalue weighted by Crippen LogP contribution is 2.16. The molecule has 14 heavy (non-hydrogen) atoms. The van der Waals surface area contributed by atoms with E-state index in [0.717, 1.165) is 16.0 Å². The molecule has 0 bridgehead atoms. The fourth-order valence-corrected chi connectivity index (χ4v) is 1.18. The third-order valence-corrected chi connectivity index (χ3v) is 1.85. The molecule has 0 radical (unpaired) electrons. The summed E-state index contributed by atoms with van der Waals surface area (Å²) >= 11 is 0. The fourth-order valence-electron chi connectivity index (χ4n) is 1.18. The smallest absolute Gasteiger partial charge is 0.0974 e. The highest BCUT2D eigenvalue weighted by atomic mass is 16.5. The van der Waals surface area contributed by atoms with Gasteiger partial charge in [0.2, 0.25) is 0 Å². The first-order valence-corrected chi connectivity index (χ1v) is 4.09. The average Bonchev–Trinajstić information content (AvgIpc) is 2.65. The van der Waals surface area contributed by atoms with Gasteiger partial charge in [-0.2, -0.15) is 0 Å². The minimum absolute atomic E-state index is 0.0549. The molecule has 2 N–H and O–H groups in total. The Morgan fingerprint density at radius 2 is 2.21 bits per heavy atom. The zero-order chi connectivity index (χ0) is 9.97. The molecular weight excluding hydrogens is 182 g/mol. The van der Waals surface area contributed by atoms with E-state index < -0.39 is 0 Å². The molecule has 0 spiro atoms. The Bertz CT molecular complexity index is 439. The van der Waals surface area contributed by atoms with Crippen LogP contribution in [0.1, 0.15) is 5.56 Å². The lowest BCUT2D eigenvalue weighted by Crippen LogP contribution is -1.91. The molecule has 0 unspecified atom stereocenters. The van der Waals surface area contributed by atoms with Gasteiger partial charge in [0.15, 0.2) is 0 Å². The van der Waals surface area contributed by atoms with Crippen molar-refractivity contribution in [2.75, 3.05) is 0 Å². The monoisotopic (exact) mass is 191 g/mol. The summed E-state index contributed by atoms with van der Waals surface area (Å²) in [6.45, 7) is -0.0549. The second-order valence-corrected chi connectivity index (χ2v) is 2.86. The molecule has 0 aromatic carbocycles. The number of aliphatic hydroxyl groups excluding tert-OH is 1. The third kappa shape index (κ3) is 1.57. The zero-order valence-corrected chi connectivity index (χ0v) is 7.33. The Balaban J connectivity index is 2.41. The number of rotatable bonds is 2. The molecule has 5 nitrogen and oxygen atoms in total. The van der Waals surface area contributed by atoms with Gasteiger partial charge in [-0.05, 0) is 17.7 Å². The van der Waals surface area contributed by atoms with Crippen LogP contribution in [0.25, 0.3) is 11.3 Å². The van der Waals surface area contributed by atoms with E-state index in [9.17, 15) is 0 Å². The molecule has 2 heterocycles. The van der Waals surface area contributed by atoms with Crippen molar-refractivity contribution >= 4 is 0 Å². The zero-order valence-electron chi connectivity index (χ0n) is 7.33. The summed E-state index contributed by atoms with van der Waals surface area (Å²) in [6, 6.07) is 3.44. The predicted molar refractivity (Wildman–Crippen MR) is 48.6 cm³/mol. The molecule has 2 aromatic heterocycles. The molecule has 0 saturated heterocycles. The molecule has 0 aliphatic rings. The highest BCUT2D eigenvalue weighted by Gasteiger charge is 2.02. The molecule has 2 aromatic rings. The number of nitrogens with zero attached hydrogens (tertiary/aromatic N) is 3. The van der Waals surface area contributed by atoms with Crippen LogP contribution >= 0.6 is 0 Å². The quantitative estimate of drug-likeness (QED) is 0.684. The van der Waals surface area contributed by atoms with Crippen LogP contribution in [0.4, 0.5) is 0 Å². The highest BCUT2D eigenvalue weighted by molar-refractivity contribution is 5.57. The van der Waals surface area contributed by atoms with Gasteiger partial charge >= 0.3 is 0 Å². The first-order chi connectivity index (χ1) is 6.79. The summed E-state index contributed by atoms with van der Waals surface area (Å²) in [5, 5.41) is 21.7. The summed E-state index contributed by atoms with van der Waals surface area (Å²) in [5.41, 5.74) is 2.11. The Morgan fingerprint density at radius 3 is 2.86 bits per heavy atom. The maximum atomic E-state index is 8.98. The second kappa shape index (κ2) is 3.47. The maximum absolute atomic E-state index is 8.98. The Kier molecular flexibility index (Phi) is 2.16. The van der Waals surface area contributed by atoms with Crippen LogP contribution in [-0.4, -0.2) is 25.2 Å². The van der Waals surface area contributed by atoms with Crippen molar-refractivity contribution in [3.05, 3.63) is 36.3 Å². The van der Waals surface area contributed by atoms with Crippen LogP contribution in [0, 0.1) is 0 Å². The molecule has 72 valence electrons. The van der Waals surface area contributed by atoms with Crippen molar-refractivity contribution in [2.45, 2.75) is 6.61 Å². The average molecular weight is 191 g/mol. The number of aliphatic hydroxyl groups is 1. The van der Waals surface area contributed by atoms with Crippen molar-refractivity contribution in [3.8, 4) is 11.3 Å². The summed E-state index contributed by atoms with van der Waals surface area (Å²) in [7, 11) is 0. The van der Waals surface area contributed by atoms with E-state index in [2.05, 4.69) is 10.1 Å². The summed E-state index contributed by atoms with van der Waals surface area (Å²) in [4.78, 5) is 4.69. The molecule has 0 saturated carbocycles. The normalized spacial score (nSPS) is 10.4. The minimum atomic E-state index is -0.0549. The van der Waals surface area contributed by atoms with Crippen LogP contribution in [0.3, 0.4) is 0 Å². The first kappa shape index (κ1) is 8.71. The van der Waals surface area contributed by atoms with Gasteiger partial charge in [-0.1, -0.05) is 0 Å². The van der Waals surface area contributed by atoms with Crippen molar-refractivity contribution in [3.63, 3.8) is 0 Å². The lowest BCUT2D eigenvalue weighted by molar-refractivity contribution is 0.149. The Labute approximate surface area is 80.2 Å². The molecule has 0 aliphatic heterocycles. The van der Waals surface area contributed by atoms with Crippen LogP contribution in [0.5, 0.6) is 0 Å². The van der Waals surface area contributed by atoms with E-state index >= 15 is 0 Å². The first-order valence-electron chi connectivity index (χ1n) is 4.09. The topological polar surface area (TPSA) is 71.2 Å². The number of hydrogen-bond acceptors (Lipinski definition) is 4. The van der Waals surface area contributed by atoms with Gasteiger partial charge in [0.05, 0.1) is 18.5 Å². The molecule has 0 aliphatic carbocycles. The van der Waals surface area contributed by atoms with Crippen LogP contribution < -0.4 is 0 Å². The third-order valence-electron chi connectivity index (χ3n) is 1.85. The van der Waals surface area contributed by atoms with Crippen molar-refractivity contribution in [1.82, 2.24) is 14.9 Å². The Hall–Kier alpha value is -1.88. The van der Waals surface area contributed by atoms with Gasteiger partial charge in [-0.15, -0.1) is 9.94 Å². The van der Waals surface area contributed by atoms with Crippen LogP contribution in [-0.2, 0) is 6.61 Å². The van der Waals surface area contributed by atoms with Crippen molar-refractivity contribution < 1.29 is 10.3 Å². The number of pyridine rings is 1. The second-order valence-electron chi connectivity index (χ2n) is 2.86. The van der Waals surface area contributed by atoms with Gasteiger partial charge in [-0.25, -0.2) is 0 Å². The van der Waals surface area contributed by atoms with Crippen molar-refractivity contribution in [2.24, 2.45) is 0 Å². The summed E-state index contributed by atoms with van der Waals surface area (Å²) in [5.74, 6) is 0. The lowest BCUT2D eigenvalue weighted by atomic mass is 10.1. The molecule has 0 fully saturated rings. The van der Waals surface area contributed by atoms with Gasteiger partial charge in [0, 0.05) is 18.0 Å². The van der Waals surface area contributed by atoms with Gasteiger partial charge in [0.25, 0.3) is 0 Å². The van der Waals surface area contributed by atoms with Gasteiger partial charge in [-0.3, -0.25) is 4.98 Å². The maximum Gasteiger partial charge on any atom is 0.0974 e.